The number of morpholine rings is 1. The van der Waals surface area contributed by atoms with E-state index in [1.165, 1.54) is 0 Å². The molecule has 1 atom stereocenters. The SMILES string of the molecule is CCCCC1C(=O)N(C)CCN1C(=O)c1ccc(OCC(=O)N2CCOCC2)cc1. The lowest BCUT2D eigenvalue weighted by Crippen LogP contribution is -2.57. The second-order valence-corrected chi connectivity index (χ2v) is 7.72. The number of carbonyl (C=O) groups excluding carboxylic acids is 3. The molecular formula is C22H31N3O5. The van der Waals surface area contributed by atoms with Crippen molar-refractivity contribution in [2.24, 2.45) is 0 Å². The van der Waals surface area contributed by atoms with E-state index in [-0.39, 0.29) is 24.3 Å². The highest BCUT2D eigenvalue weighted by Crippen LogP contribution is 2.21. The fraction of sp³-hybridized carbons (Fsp3) is 0.591. The maximum absolute atomic E-state index is 13.1. The van der Waals surface area contributed by atoms with Gasteiger partial charge in [0.05, 0.1) is 13.2 Å². The van der Waals surface area contributed by atoms with Crippen molar-refractivity contribution < 1.29 is 23.9 Å². The van der Waals surface area contributed by atoms with Gasteiger partial charge in [0.25, 0.3) is 11.8 Å². The van der Waals surface area contributed by atoms with Gasteiger partial charge in [-0.2, -0.15) is 0 Å². The Morgan fingerprint density at radius 3 is 2.47 bits per heavy atom. The lowest BCUT2D eigenvalue weighted by atomic mass is 10.0. The van der Waals surface area contributed by atoms with Crippen LogP contribution in [0, 0.1) is 0 Å². The van der Waals surface area contributed by atoms with Gasteiger partial charge in [0.2, 0.25) is 5.91 Å². The minimum absolute atomic E-state index is 0.00429. The summed E-state index contributed by atoms with van der Waals surface area (Å²) < 4.78 is 10.8. The Kier molecular flexibility index (Phi) is 7.68. The van der Waals surface area contributed by atoms with E-state index in [0.29, 0.717) is 57.1 Å². The summed E-state index contributed by atoms with van der Waals surface area (Å²) >= 11 is 0. The van der Waals surface area contributed by atoms with Gasteiger partial charge in [0.15, 0.2) is 6.61 Å². The number of carbonyl (C=O) groups is 3. The summed E-state index contributed by atoms with van der Waals surface area (Å²) in [6.45, 7) is 5.37. The molecule has 2 aliphatic rings. The summed E-state index contributed by atoms with van der Waals surface area (Å²) in [5.41, 5.74) is 0.515. The van der Waals surface area contributed by atoms with E-state index >= 15 is 0 Å². The Bertz CT molecular complexity index is 746. The molecule has 8 nitrogen and oxygen atoms in total. The molecule has 2 fully saturated rings. The van der Waals surface area contributed by atoms with Gasteiger partial charge >= 0.3 is 0 Å². The quantitative estimate of drug-likeness (QED) is 0.670. The van der Waals surface area contributed by atoms with Crippen molar-refractivity contribution in [3.05, 3.63) is 29.8 Å². The molecule has 0 aliphatic carbocycles. The van der Waals surface area contributed by atoms with Crippen molar-refractivity contribution in [3.8, 4) is 5.75 Å². The average molecular weight is 418 g/mol. The molecule has 2 heterocycles. The van der Waals surface area contributed by atoms with Gasteiger partial charge in [-0.05, 0) is 30.7 Å². The van der Waals surface area contributed by atoms with Gasteiger partial charge in [-0.3, -0.25) is 14.4 Å². The fourth-order valence-electron chi connectivity index (χ4n) is 3.74. The summed E-state index contributed by atoms with van der Waals surface area (Å²) in [6, 6.07) is 6.36. The van der Waals surface area contributed by atoms with Gasteiger partial charge < -0.3 is 24.2 Å². The summed E-state index contributed by atoms with van der Waals surface area (Å²) in [5, 5.41) is 0. The first-order valence-electron chi connectivity index (χ1n) is 10.7. The van der Waals surface area contributed by atoms with E-state index < -0.39 is 6.04 Å². The van der Waals surface area contributed by atoms with E-state index in [2.05, 4.69) is 6.92 Å². The van der Waals surface area contributed by atoms with Crippen molar-refractivity contribution in [1.29, 1.82) is 0 Å². The second kappa shape index (κ2) is 10.4. The highest BCUT2D eigenvalue weighted by Gasteiger charge is 2.35. The van der Waals surface area contributed by atoms with Gasteiger partial charge in [-0.25, -0.2) is 0 Å². The molecule has 0 spiro atoms. The Balaban J connectivity index is 1.59. The van der Waals surface area contributed by atoms with Crippen LogP contribution in [0.2, 0.25) is 0 Å². The summed E-state index contributed by atoms with van der Waals surface area (Å²) in [4.78, 5) is 42.9. The molecule has 1 aromatic rings. The van der Waals surface area contributed by atoms with Gasteiger partial charge in [0, 0.05) is 38.8 Å². The Morgan fingerprint density at radius 1 is 1.10 bits per heavy atom. The van der Waals surface area contributed by atoms with Crippen LogP contribution in [0.25, 0.3) is 0 Å². The van der Waals surface area contributed by atoms with Crippen molar-refractivity contribution >= 4 is 17.7 Å². The second-order valence-electron chi connectivity index (χ2n) is 7.72. The molecule has 0 N–H and O–H groups in total. The van der Waals surface area contributed by atoms with Gasteiger partial charge in [-0.15, -0.1) is 0 Å². The standard InChI is InChI=1S/C22H31N3O5/c1-3-4-5-19-22(28)23(2)10-11-25(19)21(27)17-6-8-18(9-7-17)30-16-20(26)24-12-14-29-15-13-24/h6-9,19H,3-5,10-16H2,1-2H3. The minimum Gasteiger partial charge on any atom is -0.484 e. The predicted molar refractivity (Wildman–Crippen MR) is 111 cm³/mol. The smallest absolute Gasteiger partial charge is 0.260 e. The lowest BCUT2D eigenvalue weighted by molar-refractivity contribution is -0.139. The molecule has 1 aromatic carbocycles. The zero-order valence-electron chi connectivity index (χ0n) is 17.8. The van der Waals surface area contributed by atoms with Crippen molar-refractivity contribution in [2.75, 3.05) is 53.0 Å². The number of ether oxygens (including phenoxy) is 2. The third-order valence-corrected chi connectivity index (χ3v) is 5.63. The number of piperazine rings is 1. The fourth-order valence-corrected chi connectivity index (χ4v) is 3.74. The van der Waals surface area contributed by atoms with Crippen molar-refractivity contribution in [1.82, 2.24) is 14.7 Å². The molecule has 30 heavy (non-hydrogen) atoms. The van der Waals surface area contributed by atoms with Crippen LogP contribution in [-0.4, -0.2) is 91.5 Å². The summed E-state index contributed by atoms with van der Waals surface area (Å²) in [5.74, 6) is 0.316. The van der Waals surface area contributed by atoms with Crippen LogP contribution < -0.4 is 4.74 Å². The average Bonchev–Trinajstić information content (AvgIpc) is 2.79. The predicted octanol–water partition coefficient (Wildman–Crippen LogP) is 1.40. The summed E-state index contributed by atoms with van der Waals surface area (Å²) in [7, 11) is 1.79. The summed E-state index contributed by atoms with van der Waals surface area (Å²) in [6.07, 6.45) is 2.55. The monoisotopic (exact) mass is 417 g/mol. The highest BCUT2D eigenvalue weighted by atomic mass is 16.5. The van der Waals surface area contributed by atoms with Crippen LogP contribution >= 0.6 is 0 Å². The number of benzene rings is 1. The van der Waals surface area contributed by atoms with Crippen molar-refractivity contribution in [2.45, 2.75) is 32.2 Å². The van der Waals surface area contributed by atoms with E-state index in [1.807, 2.05) is 0 Å². The van der Waals surface area contributed by atoms with E-state index in [4.69, 9.17) is 9.47 Å². The van der Waals surface area contributed by atoms with Crippen LogP contribution in [-0.2, 0) is 14.3 Å². The molecule has 164 valence electrons. The topological polar surface area (TPSA) is 79.4 Å². The Morgan fingerprint density at radius 2 is 1.80 bits per heavy atom. The number of amides is 3. The molecule has 0 saturated carbocycles. The molecule has 2 saturated heterocycles. The largest absolute Gasteiger partial charge is 0.484 e. The van der Waals surface area contributed by atoms with Crippen LogP contribution in [0.5, 0.6) is 5.75 Å². The first-order chi connectivity index (χ1) is 14.5. The first kappa shape index (κ1) is 22.1. The van der Waals surface area contributed by atoms with Crippen LogP contribution in [0.4, 0.5) is 0 Å². The maximum Gasteiger partial charge on any atom is 0.260 e. The van der Waals surface area contributed by atoms with Gasteiger partial charge in [0.1, 0.15) is 11.8 Å². The molecule has 0 aromatic heterocycles. The number of unbranched alkanes of at least 4 members (excludes halogenated alkanes) is 1. The number of likely N-dealkylation sites (N-methyl/N-ethyl adjacent to an activating group) is 1. The zero-order valence-corrected chi connectivity index (χ0v) is 17.8. The molecular weight excluding hydrogens is 386 g/mol. The molecule has 3 amide bonds. The molecule has 8 heteroatoms. The van der Waals surface area contributed by atoms with E-state index in [0.717, 1.165) is 12.8 Å². The molecule has 2 aliphatic heterocycles. The highest BCUT2D eigenvalue weighted by molar-refractivity contribution is 5.98. The number of hydrogen-bond donors (Lipinski definition) is 0. The van der Waals surface area contributed by atoms with Crippen LogP contribution in [0.15, 0.2) is 24.3 Å². The van der Waals surface area contributed by atoms with Crippen LogP contribution in [0.3, 0.4) is 0 Å². The molecule has 0 radical (unpaired) electrons. The van der Waals surface area contributed by atoms with E-state index in [9.17, 15) is 14.4 Å². The van der Waals surface area contributed by atoms with E-state index in [1.54, 1.807) is 46.0 Å². The Hall–Kier alpha value is -2.61. The maximum atomic E-state index is 13.1. The molecule has 1 unspecified atom stereocenters. The normalized spacial score (nSPS) is 19.7. The first-order valence-corrected chi connectivity index (χ1v) is 10.7. The number of rotatable bonds is 7. The van der Waals surface area contributed by atoms with Gasteiger partial charge in [-0.1, -0.05) is 19.8 Å². The van der Waals surface area contributed by atoms with Crippen LogP contribution in [0.1, 0.15) is 36.5 Å². The number of hydrogen-bond acceptors (Lipinski definition) is 5. The minimum atomic E-state index is -0.404. The molecule has 3 rings (SSSR count). The number of nitrogens with zero attached hydrogens (tertiary/aromatic N) is 3. The molecule has 0 bridgehead atoms. The third kappa shape index (κ3) is 5.30. The third-order valence-electron chi connectivity index (χ3n) is 5.63. The zero-order chi connectivity index (χ0) is 21.5. The Labute approximate surface area is 177 Å². The van der Waals surface area contributed by atoms with Crippen molar-refractivity contribution in [3.63, 3.8) is 0 Å². The lowest BCUT2D eigenvalue weighted by Gasteiger charge is -2.39.